The number of carbonyl (C=O) groups excluding carboxylic acids is 1. The fraction of sp³-hybridized carbons (Fsp3) is 0.600. The van der Waals surface area contributed by atoms with Crippen molar-refractivity contribution in [2.45, 2.75) is 19.4 Å². The zero-order valence-electron chi connectivity index (χ0n) is 9.36. The molecule has 0 aliphatic rings. The Morgan fingerprint density at radius 2 is 2.38 bits per heavy atom. The van der Waals surface area contributed by atoms with Crippen molar-refractivity contribution in [3.8, 4) is 0 Å². The monoisotopic (exact) mass is 243 g/mol. The molecule has 1 aromatic rings. The first-order chi connectivity index (χ1) is 7.83. The molecule has 0 radical (unpaired) electrons. The second kappa shape index (κ2) is 8.06. The number of unbranched alkanes of at least 4 members (excludes halogenated alkanes) is 1. The molecule has 0 bridgehead atoms. The van der Waals surface area contributed by atoms with Gasteiger partial charge in [0, 0.05) is 25.6 Å². The fourth-order valence-electron chi connectivity index (χ4n) is 1.13. The van der Waals surface area contributed by atoms with Crippen LogP contribution in [-0.4, -0.2) is 31.3 Å². The number of methoxy groups -OCH3 is 1. The van der Waals surface area contributed by atoms with E-state index in [9.17, 15) is 4.79 Å². The minimum Gasteiger partial charge on any atom is -0.385 e. The quantitative estimate of drug-likeness (QED) is 0.711. The summed E-state index contributed by atoms with van der Waals surface area (Å²) in [5, 5.41) is 7.43. The maximum Gasteiger partial charge on any atom is 0.315 e. The first-order valence-electron chi connectivity index (χ1n) is 5.20. The number of nitrogens with zero attached hydrogens (tertiary/aromatic N) is 1. The Kier molecular flexibility index (Phi) is 6.52. The number of rotatable bonds is 7. The lowest BCUT2D eigenvalue weighted by atomic mass is 10.3. The molecule has 0 saturated carbocycles. The van der Waals surface area contributed by atoms with Crippen LogP contribution in [0.5, 0.6) is 0 Å². The Morgan fingerprint density at radius 3 is 3.06 bits per heavy atom. The number of aromatic nitrogens is 1. The van der Waals surface area contributed by atoms with Crippen molar-refractivity contribution in [2.24, 2.45) is 0 Å². The average Bonchev–Trinajstić information content (AvgIpc) is 2.79. The molecule has 0 aliphatic heterocycles. The molecule has 0 spiro atoms. The highest BCUT2D eigenvalue weighted by Gasteiger charge is 2.00. The van der Waals surface area contributed by atoms with Crippen LogP contribution in [0.25, 0.3) is 0 Å². The van der Waals surface area contributed by atoms with E-state index in [4.69, 9.17) is 4.74 Å². The second-order valence-electron chi connectivity index (χ2n) is 3.29. The van der Waals surface area contributed by atoms with E-state index in [2.05, 4.69) is 15.6 Å². The summed E-state index contributed by atoms with van der Waals surface area (Å²) < 4.78 is 4.91. The predicted molar refractivity (Wildman–Crippen MR) is 63.5 cm³/mol. The molecule has 6 heteroatoms. The first-order valence-corrected chi connectivity index (χ1v) is 6.15. The van der Waals surface area contributed by atoms with E-state index >= 15 is 0 Å². The van der Waals surface area contributed by atoms with E-state index in [1.807, 2.05) is 5.38 Å². The van der Waals surface area contributed by atoms with Gasteiger partial charge in [-0.25, -0.2) is 9.78 Å². The van der Waals surface area contributed by atoms with Crippen molar-refractivity contribution in [1.82, 2.24) is 15.6 Å². The van der Waals surface area contributed by atoms with Crippen molar-refractivity contribution in [2.75, 3.05) is 20.3 Å². The molecule has 1 heterocycles. The Labute approximate surface area is 99.2 Å². The molecule has 5 nitrogen and oxygen atoms in total. The normalized spacial score (nSPS) is 10.1. The van der Waals surface area contributed by atoms with Crippen LogP contribution in [0.4, 0.5) is 4.79 Å². The Morgan fingerprint density at radius 1 is 1.50 bits per heavy atom. The smallest absolute Gasteiger partial charge is 0.315 e. The van der Waals surface area contributed by atoms with Crippen LogP contribution in [0, 0.1) is 0 Å². The zero-order chi connectivity index (χ0) is 11.6. The highest BCUT2D eigenvalue weighted by Crippen LogP contribution is 1.99. The van der Waals surface area contributed by atoms with E-state index < -0.39 is 0 Å². The van der Waals surface area contributed by atoms with Crippen LogP contribution < -0.4 is 10.6 Å². The predicted octanol–water partition coefficient (Wildman–Crippen LogP) is 1.37. The van der Waals surface area contributed by atoms with Gasteiger partial charge in [0.2, 0.25) is 0 Å². The Balaban J connectivity index is 1.99. The summed E-state index contributed by atoms with van der Waals surface area (Å²) in [5.74, 6) is 0. The van der Waals surface area contributed by atoms with Gasteiger partial charge in [0.1, 0.15) is 0 Å². The van der Waals surface area contributed by atoms with Gasteiger partial charge in [-0.3, -0.25) is 0 Å². The number of carbonyl (C=O) groups is 1. The highest BCUT2D eigenvalue weighted by atomic mass is 32.1. The number of amides is 2. The molecule has 16 heavy (non-hydrogen) atoms. The summed E-state index contributed by atoms with van der Waals surface area (Å²) in [5.41, 5.74) is 2.64. The van der Waals surface area contributed by atoms with Gasteiger partial charge >= 0.3 is 6.03 Å². The molecule has 1 rings (SSSR count). The van der Waals surface area contributed by atoms with Crippen molar-refractivity contribution in [3.63, 3.8) is 0 Å². The van der Waals surface area contributed by atoms with Gasteiger partial charge in [0.15, 0.2) is 0 Å². The third kappa shape index (κ3) is 5.67. The molecular formula is C10H17N3O2S. The van der Waals surface area contributed by atoms with E-state index in [0.29, 0.717) is 13.1 Å². The van der Waals surface area contributed by atoms with Crippen LogP contribution in [0.3, 0.4) is 0 Å². The van der Waals surface area contributed by atoms with Crippen LogP contribution >= 0.6 is 11.3 Å². The number of hydrogen-bond acceptors (Lipinski definition) is 4. The highest BCUT2D eigenvalue weighted by molar-refractivity contribution is 7.07. The van der Waals surface area contributed by atoms with Gasteiger partial charge in [-0.2, -0.15) is 0 Å². The van der Waals surface area contributed by atoms with E-state index in [1.54, 1.807) is 12.6 Å². The Hall–Kier alpha value is -1.14. The molecule has 0 aromatic carbocycles. The van der Waals surface area contributed by atoms with Gasteiger partial charge in [-0.15, -0.1) is 11.3 Å². The van der Waals surface area contributed by atoms with Crippen LogP contribution in [0.1, 0.15) is 18.5 Å². The SMILES string of the molecule is COCCCCNC(=O)NCc1cscn1. The molecule has 1 aromatic heterocycles. The van der Waals surface area contributed by atoms with Gasteiger partial charge in [-0.05, 0) is 12.8 Å². The Bertz CT molecular complexity index is 290. The maximum atomic E-state index is 11.3. The minimum absolute atomic E-state index is 0.148. The molecule has 0 aliphatic carbocycles. The summed E-state index contributed by atoms with van der Waals surface area (Å²) in [7, 11) is 1.67. The standard InChI is InChI=1S/C10H17N3O2S/c1-15-5-3-2-4-11-10(14)12-6-9-7-16-8-13-9/h7-8H,2-6H2,1H3,(H2,11,12,14). The van der Waals surface area contributed by atoms with E-state index in [1.165, 1.54) is 11.3 Å². The third-order valence-electron chi connectivity index (χ3n) is 1.97. The molecule has 0 unspecified atom stereocenters. The van der Waals surface area contributed by atoms with Crippen molar-refractivity contribution in [3.05, 3.63) is 16.6 Å². The van der Waals surface area contributed by atoms with E-state index in [0.717, 1.165) is 25.1 Å². The van der Waals surface area contributed by atoms with Gasteiger partial charge < -0.3 is 15.4 Å². The zero-order valence-corrected chi connectivity index (χ0v) is 10.2. The summed E-state index contributed by atoms with van der Waals surface area (Å²) in [6.45, 7) is 1.89. The number of thiazole rings is 1. The summed E-state index contributed by atoms with van der Waals surface area (Å²) in [6, 6.07) is -0.148. The van der Waals surface area contributed by atoms with Gasteiger partial charge in [-0.1, -0.05) is 0 Å². The second-order valence-corrected chi connectivity index (χ2v) is 4.01. The lowest BCUT2D eigenvalue weighted by Crippen LogP contribution is -2.35. The number of hydrogen-bond donors (Lipinski definition) is 2. The van der Waals surface area contributed by atoms with E-state index in [-0.39, 0.29) is 6.03 Å². The first kappa shape index (κ1) is 12.9. The average molecular weight is 243 g/mol. The fourth-order valence-corrected chi connectivity index (χ4v) is 1.69. The van der Waals surface area contributed by atoms with Crippen molar-refractivity contribution >= 4 is 17.4 Å². The summed E-state index contributed by atoms with van der Waals surface area (Å²) >= 11 is 1.52. The lowest BCUT2D eigenvalue weighted by Gasteiger charge is -2.05. The number of urea groups is 1. The van der Waals surface area contributed by atoms with Crippen LogP contribution in [0.15, 0.2) is 10.9 Å². The van der Waals surface area contributed by atoms with Gasteiger partial charge in [0.05, 0.1) is 17.7 Å². The minimum atomic E-state index is -0.148. The molecule has 2 amide bonds. The van der Waals surface area contributed by atoms with Gasteiger partial charge in [0.25, 0.3) is 0 Å². The molecule has 0 fully saturated rings. The summed E-state index contributed by atoms with van der Waals surface area (Å²) in [6.07, 6.45) is 1.89. The summed E-state index contributed by atoms with van der Waals surface area (Å²) in [4.78, 5) is 15.4. The van der Waals surface area contributed by atoms with Crippen molar-refractivity contribution in [1.29, 1.82) is 0 Å². The molecule has 0 atom stereocenters. The largest absolute Gasteiger partial charge is 0.385 e. The number of ether oxygens (including phenoxy) is 1. The lowest BCUT2D eigenvalue weighted by molar-refractivity contribution is 0.192. The molecule has 2 N–H and O–H groups in total. The topological polar surface area (TPSA) is 63.2 Å². The molecular weight excluding hydrogens is 226 g/mol. The van der Waals surface area contributed by atoms with Crippen LogP contribution in [-0.2, 0) is 11.3 Å². The number of nitrogens with one attached hydrogen (secondary N) is 2. The maximum absolute atomic E-state index is 11.3. The van der Waals surface area contributed by atoms with Crippen molar-refractivity contribution < 1.29 is 9.53 Å². The van der Waals surface area contributed by atoms with Crippen LogP contribution in [0.2, 0.25) is 0 Å². The molecule has 0 saturated heterocycles. The third-order valence-corrected chi connectivity index (χ3v) is 2.61. The molecule has 90 valence electrons.